The Bertz CT molecular complexity index is 424. The third-order valence-electron chi connectivity index (χ3n) is 4.09. The van der Waals surface area contributed by atoms with Gasteiger partial charge in [-0.3, -0.25) is 0 Å². The molecule has 0 aliphatic heterocycles. The van der Waals surface area contributed by atoms with E-state index in [4.69, 9.17) is 0 Å². The van der Waals surface area contributed by atoms with Crippen LogP contribution in [-0.4, -0.2) is 38.4 Å². The topological polar surface area (TPSA) is 26.7 Å². The smallest absolute Gasteiger partial charge is 0.213 e. The minimum absolute atomic E-state index is 0.303. The van der Waals surface area contributed by atoms with Crippen LogP contribution in [0.15, 0.2) is 30.3 Å². The molecule has 0 spiro atoms. The summed E-state index contributed by atoms with van der Waals surface area (Å²) >= 11 is 0. The fourth-order valence-electron chi connectivity index (χ4n) is 3.78. The molecule has 23 heavy (non-hydrogen) atoms. The summed E-state index contributed by atoms with van der Waals surface area (Å²) in [5, 5.41) is 0. The minimum Gasteiger partial charge on any atom is -0.213 e. The molecule has 0 radical (unpaired) electrons. The van der Waals surface area contributed by atoms with Crippen LogP contribution in [0.3, 0.4) is 0 Å². The highest BCUT2D eigenvalue weighted by molar-refractivity contribution is 7.65. The van der Waals surface area contributed by atoms with Gasteiger partial charge < -0.3 is 0 Å². The molecule has 1 aromatic carbocycles. The Morgan fingerprint density at radius 1 is 0.739 bits per heavy atom. The highest BCUT2D eigenvalue weighted by Gasteiger charge is 2.54. The molecule has 0 fully saturated rings. The maximum atomic E-state index is 12.0. The number of nitrogens with zero attached hydrogens (tertiary/aromatic N) is 2. The van der Waals surface area contributed by atoms with E-state index in [0.29, 0.717) is 30.3 Å². The Kier molecular flexibility index (Phi) is 7.67. The van der Waals surface area contributed by atoms with Gasteiger partial charge >= 0.3 is 0 Å². The summed E-state index contributed by atoms with van der Waals surface area (Å²) in [4.78, 5) is 12.0. The molecular weight excluding hydrogens is 303 g/mol. The predicted octanol–water partition coefficient (Wildman–Crippen LogP) is 5.18. The van der Waals surface area contributed by atoms with Crippen LogP contribution < -0.4 is 0 Å². The van der Waals surface area contributed by atoms with Crippen molar-refractivity contribution < 1.29 is 4.89 Å². The van der Waals surface area contributed by atoms with E-state index in [2.05, 4.69) is 89.0 Å². The second kappa shape index (κ2) is 8.58. The molecule has 0 unspecified atom stereocenters. The molecule has 0 aliphatic carbocycles. The van der Waals surface area contributed by atoms with Crippen LogP contribution in [0.25, 0.3) is 0 Å². The molecule has 4 heteroatoms. The van der Waals surface area contributed by atoms with E-state index in [1.165, 1.54) is 5.56 Å². The van der Waals surface area contributed by atoms with Gasteiger partial charge in [0.05, 0.1) is 0 Å². The van der Waals surface area contributed by atoms with E-state index in [1.54, 1.807) is 0 Å². The lowest BCUT2D eigenvalue weighted by molar-refractivity contribution is 0.203. The van der Waals surface area contributed by atoms with Crippen molar-refractivity contribution in [3.8, 4) is 0 Å². The lowest BCUT2D eigenvalue weighted by Gasteiger charge is -2.45. The van der Waals surface area contributed by atoms with Crippen LogP contribution >= 0.6 is 7.79 Å². The lowest BCUT2D eigenvalue weighted by atomic mass is 10.2. The van der Waals surface area contributed by atoms with Gasteiger partial charge in [-0.25, -0.2) is 4.89 Å². The molecule has 0 heterocycles. The van der Waals surface area contributed by atoms with Gasteiger partial charge in [-0.2, -0.15) is 0 Å². The standard InChI is InChI=1S/C19H36N2OP/c1-15(2)20(16(3)4)23(22,21(17(5)6)18(7)8)14-19-12-10-9-11-13-19/h9-13,15-18,22H,14H2,1-8H3/q+1. The third kappa shape index (κ3) is 5.00. The average Bonchev–Trinajstić information content (AvgIpc) is 2.36. The normalized spacial score (nSPS) is 13.3. The first kappa shape index (κ1) is 20.6. The van der Waals surface area contributed by atoms with E-state index >= 15 is 0 Å². The zero-order chi connectivity index (χ0) is 17.8. The number of hydrogen-bond donors (Lipinski definition) is 1. The Morgan fingerprint density at radius 3 is 1.39 bits per heavy atom. The van der Waals surface area contributed by atoms with Gasteiger partial charge in [0.25, 0.3) is 7.79 Å². The first-order valence-electron chi connectivity index (χ1n) is 8.83. The summed E-state index contributed by atoms with van der Waals surface area (Å²) in [6.45, 7) is 17.5. The summed E-state index contributed by atoms with van der Waals surface area (Å²) in [5.74, 6) is 0. The maximum absolute atomic E-state index is 12.0. The molecule has 0 aromatic heterocycles. The summed E-state index contributed by atoms with van der Waals surface area (Å²) < 4.78 is 4.69. The number of benzene rings is 1. The van der Waals surface area contributed by atoms with E-state index in [0.717, 1.165) is 0 Å². The third-order valence-corrected chi connectivity index (χ3v) is 8.21. The second-order valence-electron chi connectivity index (χ2n) is 7.47. The summed E-state index contributed by atoms with van der Waals surface area (Å²) in [5.41, 5.74) is 1.21. The molecule has 1 N–H and O–H groups in total. The zero-order valence-corrected chi connectivity index (χ0v) is 17.1. The second-order valence-corrected chi connectivity index (χ2v) is 10.1. The fraction of sp³-hybridized carbons (Fsp3) is 0.684. The van der Waals surface area contributed by atoms with Gasteiger partial charge in [0.2, 0.25) is 0 Å². The summed E-state index contributed by atoms with van der Waals surface area (Å²) in [6.07, 6.45) is 0.709. The Morgan fingerprint density at radius 2 is 1.09 bits per heavy atom. The highest BCUT2D eigenvalue weighted by Crippen LogP contribution is 2.66. The fourth-order valence-corrected chi connectivity index (χ4v) is 8.01. The Hall–Kier alpha value is -0.470. The molecule has 1 rings (SSSR count). The molecule has 0 saturated heterocycles. The molecular formula is C19H36N2OP+. The molecule has 0 aliphatic rings. The minimum atomic E-state index is -2.47. The first-order chi connectivity index (χ1) is 10.6. The largest absolute Gasteiger partial charge is 0.291 e. The molecule has 3 nitrogen and oxygen atoms in total. The lowest BCUT2D eigenvalue weighted by Crippen LogP contribution is -2.48. The maximum Gasteiger partial charge on any atom is 0.291 e. The summed E-state index contributed by atoms with van der Waals surface area (Å²) in [7, 11) is -2.47. The van der Waals surface area contributed by atoms with Crippen LogP contribution in [0.1, 0.15) is 61.0 Å². The zero-order valence-electron chi connectivity index (χ0n) is 16.2. The van der Waals surface area contributed by atoms with Crippen molar-refractivity contribution in [2.24, 2.45) is 0 Å². The van der Waals surface area contributed by atoms with Gasteiger partial charge in [0.15, 0.2) is 0 Å². The Labute approximate surface area is 144 Å². The summed E-state index contributed by atoms with van der Waals surface area (Å²) in [6, 6.07) is 11.6. The Balaban J connectivity index is 3.38. The average molecular weight is 339 g/mol. The van der Waals surface area contributed by atoms with E-state index in [1.807, 2.05) is 6.07 Å². The van der Waals surface area contributed by atoms with E-state index < -0.39 is 7.79 Å². The molecule has 0 atom stereocenters. The molecule has 1 aromatic rings. The molecule has 0 saturated carbocycles. The monoisotopic (exact) mass is 339 g/mol. The van der Waals surface area contributed by atoms with Gasteiger partial charge in [-0.15, -0.1) is 9.34 Å². The van der Waals surface area contributed by atoms with Gasteiger partial charge in [0, 0.05) is 24.2 Å². The van der Waals surface area contributed by atoms with Crippen LogP contribution in [0.4, 0.5) is 0 Å². The van der Waals surface area contributed by atoms with Gasteiger partial charge in [-0.1, -0.05) is 30.3 Å². The number of rotatable bonds is 8. The van der Waals surface area contributed by atoms with Crippen LogP contribution in [0.5, 0.6) is 0 Å². The van der Waals surface area contributed by atoms with Gasteiger partial charge in [-0.05, 0) is 61.0 Å². The molecule has 0 bridgehead atoms. The highest BCUT2D eigenvalue weighted by atomic mass is 31.2. The quantitative estimate of drug-likeness (QED) is 0.661. The predicted molar refractivity (Wildman–Crippen MR) is 104 cm³/mol. The first-order valence-corrected chi connectivity index (χ1v) is 10.7. The van der Waals surface area contributed by atoms with Crippen LogP contribution in [0, 0.1) is 0 Å². The number of hydrogen-bond acceptors (Lipinski definition) is 3. The SMILES string of the molecule is CC(C)N(C(C)C)[P+](O)(Cc1ccccc1)N(C(C)C)C(C)C. The van der Waals surface area contributed by atoms with Crippen molar-refractivity contribution in [1.29, 1.82) is 0 Å². The molecule has 132 valence electrons. The van der Waals surface area contributed by atoms with Crippen molar-refractivity contribution in [1.82, 2.24) is 9.34 Å². The van der Waals surface area contributed by atoms with Crippen LogP contribution in [-0.2, 0) is 6.16 Å². The van der Waals surface area contributed by atoms with Crippen LogP contribution in [0.2, 0.25) is 0 Å². The molecule has 0 amide bonds. The van der Waals surface area contributed by atoms with E-state index in [9.17, 15) is 4.89 Å². The van der Waals surface area contributed by atoms with E-state index in [-0.39, 0.29) is 0 Å². The van der Waals surface area contributed by atoms with Crippen molar-refractivity contribution in [3.05, 3.63) is 35.9 Å². The van der Waals surface area contributed by atoms with Crippen molar-refractivity contribution in [3.63, 3.8) is 0 Å². The van der Waals surface area contributed by atoms with Gasteiger partial charge in [0.1, 0.15) is 6.16 Å². The van der Waals surface area contributed by atoms with Crippen molar-refractivity contribution in [2.75, 3.05) is 0 Å². The van der Waals surface area contributed by atoms with Crippen molar-refractivity contribution in [2.45, 2.75) is 85.7 Å². The van der Waals surface area contributed by atoms with Crippen molar-refractivity contribution >= 4 is 7.79 Å².